The van der Waals surface area contributed by atoms with Crippen LogP contribution in [0.4, 0.5) is 17.1 Å². The average Bonchev–Trinajstić information content (AvgIpc) is 3.97. The molecule has 1 aromatic heterocycles. The van der Waals surface area contributed by atoms with Crippen molar-refractivity contribution < 1.29 is 4.42 Å². The first-order chi connectivity index (χ1) is 29.9. The molecule has 8 aromatic carbocycles. The number of allylic oxidation sites excluding steroid dienone is 1. The van der Waals surface area contributed by atoms with Crippen molar-refractivity contribution in [2.45, 2.75) is 31.6 Å². The van der Waals surface area contributed by atoms with Gasteiger partial charge in [-0.1, -0.05) is 160 Å². The number of anilines is 3. The molecule has 0 radical (unpaired) electrons. The molecule has 0 bridgehead atoms. The Morgan fingerprint density at radius 3 is 1.67 bits per heavy atom. The van der Waals surface area contributed by atoms with E-state index in [4.69, 9.17) is 4.42 Å². The lowest BCUT2D eigenvalue weighted by atomic mass is 9.70. The van der Waals surface area contributed by atoms with E-state index < -0.39 is 5.41 Å². The van der Waals surface area contributed by atoms with Gasteiger partial charge in [0, 0.05) is 33.4 Å². The summed E-state index contributed by atoms with van der Waals surface area (Å²) < 4.78 is 6.58. The van der Waals surface area contributed by atoms with Gasteiger partial charge in [0.2, 0.25) is 0 Å². The highest BCUT2D eigenvalue weighted by Gasteiger charge is 2.52. The molecule has 1 unspecified atom stereocenters. The fourth-order valence-electron chi connectivity index (χ4n) is 11.1. The van der Waals surface area contributed by atoms with Gasteiger partial charge in [-0.2, -0.15) is 0 Å². The summed E-state index contributed by atoms with van der Waals surface area (Å²) in [6, 6.07) is 65.6. The number of hydrogen-bond donors (Lipinski definition) is 0. The van der Waals surface area contributed by atoms with Gasteiger partial charge in [0.15, 0.2) is 0 Å². The van der Waals surface area contributed by atoms with Crippen molar-refractivity contribution in [3.8, 4) is 44.5 Å². The van der Waals surface area contributed by atoms with Crippen LogP contribution in [0, 0.1) is 0 Å². The van der Waals surface area contributed by atoms with E-state index >= 15 is 0 Å². The predicted molar refractivity (Wildman–Crippen MR) is 255 cm³/mol. The van der Waals surface area contributed by atoms with Gasteiger partial charge < -0.3 is 9.32 Å². The second-order valence-corrected chi connectivity index (χ2v) is 17.2. The third kappa shape index (κ3) is 4.85. The van der Waals surface area contributed by atoms with Crippen LogP contribution in [0.15, 0.2) is 193 Å². The quantitative estimate of drug-likeness (QED) is 0.167. The minimum Gasteiger partial charge on any atom is -0.456 e. The summed E-state index contributed by atoms with van der Waals surface area (Å²) in [7, 11) is 0. The molecule has 0 fully saturated rings. The van der Waals surface area contributed by atoms with E-state index in [0.29, 0.717) is 0 Å². The molecular weight excluding hydrogens is 739 g/mol. The van der Waals surface area contributed by atoms with Crippen LogP contribution < -0.4 is 4.90 Å². The Kier molecular flexibility index (Phi) is 7.59. The minimum absolute atomic E-state index is 0.0787. The molecule has 1 heterocycles. The van der Waals surface area contributed by atoms with Crippen molar-refractivity contribution in [1.29, 1.82) is 0 Å². The van der Waals surface area contributed by atoms with Crippen molar-refractivity contribution in [2.75, 3.05) is 4.90 Å². The SMILES string of the molecule is C=Cc1oc2cc3c(cc2c1/C=C\C)-c1ccccc1C31c2ccccc2-c2cc(N(c3cccc(-c4ccccc4)c3)c3ccc4c(c3)-c3ccccc3C4(C)C)ccc21. The van der Waals surface area contributed by atoms with Crippen LogP contribution in [0.3, 0.4) is 0 Å². The molecule has 3 aliphatic rings. The summed E-state index contributed by atoms with van der Waals surface area (Å²) in [4.78, 5) is 2.46. The Morgan fingerprint density at radius 2 is 1.00 bits per heavy atom. The number of fused-ring (bicyclic) bond motifs is 14. The third-order valence-electron chi connectivity index (χ3n) is 13.8. The smallest absolute Gasteiger partial charge is 0.135 e. The number of furan rings is 1. The second kappa shape index (κ2) is 13.0. The molecule has 290 valence electrons. The Bertz CT molecular complexity index is 3320. The van der Waals surface area contributed by atoms with Crippen molar-refractivity contribution in [3.63, 3.8) is 0 Å². The molecule has 1 atom stereocenters. The van der Waals surface area contributed by atoms with Gasteiger partial charge in [0.25, 0.3) is 0 Å². The van der Waals surface area contributed by atoms with Crippen LogP contribution in [0.1, 0.15) is 65.5 Å². The molecule has 3 aliphatic carbocycles. The maximum absolute atomic E-state index is 6.58. The topological polar surface area (TPSA) is 16.4 Å². The molecule has 12 rings (SSSR count). The van der Waals surface area contributed by atoms with Crippen molar-refractivity contribution in [2.24, 2.45) is 0 Å². The van der Waals surface area contributed by atoms with E-state index in [1.165, 1.54) is 77.9 Å². The largest absolute Gasteiger partial charge is 0.456 e. The van der Waals surface area contributed by atoms with Crippen LogP contribution >= 0.6 is 0 Å². The second-order valence-electron chi connectivity index (χ2n) is 17.2. The van der Waals surface area contributed by atoms with Gasteiger partial charge in [0.1, 0.15) is 11.3 Å². The maximum Gasteiger partial charge on any atom is 0.135 e. The molecule has 0 amide bonds. The summed E-state index contributed by atoms with van der Waals surface area (Å²) in [6.07, 6.45) is 6.04. The van der Waals surface area contributed by atoms with E-state index in [2.05, 4.69) is 220 Å². The zero-order valence-corrected chi connectivity index (χ0v) is 34.5. The Balaban J connectivity index is 1.10. The zero-order chi connectivity index (χ0) is 41.0. The monoisotopic (exact) mass is 781 g/mol. The predicted octanol–water partition coefficient (Wildman–Crippen LogP) is 15.9. The number of hydrogen-bond acceptors (Lipinski definition) is 2. The standard InChI is InChI=1S/C59H43NO/c1-5-17-45-49-35-48-44-24-12-15-27-53(44)59(55(48)36-57(49)61-56(45)6-2)52-26-14-11-23-43(52)47-34-41(29-31-54(47)59)60(39-21-16-20-38(32-39)37-18-8-7-9-19-37)40-28-30-51-46(33-40)42-22-10-13-25-50(42)58(51,3)4/h5-36H,2H2,1,3-4H3/b17-5-. The van der Waals surface area contributed by atoms with E-state index in [1.807, 2.05) is 6.08 Å². The van der Waals surface area contributed by atoms with E-state index in [0.717, 1.165) is 39.4 Å². The third-order valence-corrected chi connectivity index (χ3v) is 13.8. The fraction of sp³-hybridized carbons (Fsp3) is 0.0847. The van der Waals surface area contributed by atoms with Crippen LogP contribution in [0.2, 0.25) is 0 Å². The first-order valence-electron chi connectivity index (χ1n) is 21.3. The van der Waals surface area contributed by atoms with Gasteiger partial charge in [-0.05, 0) is 139 Å². The molecule has 2 heteroatoms. The van der Waals surface area contributed by atoms with E-state index in [1.54, 1.807) is 0 Å². The van der Waals surface area contributed by atoms with Gasteiger partial charge in [-0.25, -0.2) is 0 Å². The zero-order valence-electron chi connectivity index (χ0n) is 34.5. The van der Waals surface area contributed by atoms with Crippen LogP contribution in [-0.2, 0) is 10.8 Å². The Hall–Kier alpha value is -7.42. The molecule has 2 nitrogen and oxygen atoms in total. The summed E-state index contributed by atoms with van der Waals surface area (Å²) >= 11 is 0. The number of nitrogens with zero attached hydrogens (tertiary/aromatic N) is 1. The fourth-order valence-corrected chi connectivity index (χ4v) is 11.1. The highest BCUT2D eigenvalue weighted by Crippen LogP contribution is 2.64. The molecule has 0 N–H and O–H groups in total. The molecule has 0 aliphatic heterocycles. The van der Waals surface area contributed by atoms with Gasteiger partial charge in [-0.3, -0.25) is 0 Å². The van der Waals surface area contributed by atoms with Gasteiger partial charge in [0.05, 0.1) is 5.41 Å². The minimum atomic E-state index is -0.520. The Labute approximate surface area is 357 Å². The maximum atomic E-state index is 6.58. The molecule has 0 saturated heterocycles. The highest BCUT2D eigenvalue weighted by atomic mass is 16.3. The summed E-state index contributed by atoms with van der Waals surface area (Å²) in [5.41, 5.74) is 22.6. The van der Waals surface area contributed by atoms with E-state index in [9.17, 15) is 0 Å². The molecule has 0 saturated carbocycles. The summed E-state index contributed by atoms with van der Waals surface area (Å²) in [6.45, 7) is 10.9. The van der Waals surface area contributed by atoms with Crippen LogP contribution in [-0.4, -0.2) is 0 Å². The molecule has 9 aromatic rings. The highest BCUT2D eigenvalue weighted by molar-refractivity contribution is 6.02. The summed E-state index contributed by atoms with van der Waals surface area (Å²) in [5, 5.41) is 1.11. The van der Waals surface area contributed by atoms with Gasteiger partial charge >= 0.3 is 0 Å². The first-order valence-corrected chi connectivity index (χ1v) is 21.3. The van der Waals surface area contributed by atoms with Gasteiger partial charge in [-0.15, -0.1) is 0 Å². The molecular formula is C59H43NO. The lowest BCUT2D eigenvalue weighted by Crippen LogP contribution is -2.25. The Morgan fingerprint density at radius 1 is 0.475 bits per heavy atom. The van der Waals surface area contributed by atoms with Crippen LogP contribution in [0.5, 0.6) is 0 Å². The first kappa shape index (κ1) is 35.5. The lowest BCUT2D eigenvalue weighted by molar-refractivity contribution is 0.602. The normalized spacial score (nSPS) is 16.0. The summed E-state index contributed by atoms with van der Waals surface area (Å²) in [5.74, 6) is 0.797. The number of rotatable bonds is 6. The average molecular weight is 782 g/mol. The van der Waals surface area contributed by atoms with Crippen molar-refractivity contribution in [1.82, 2.24) is 0 Å². The van der Waals surface area contributed by atoms with Crippen molar-refractivity contribution >= 4 is 40.2 Å². The molecule has 61 heavy (non-hydrogen) atoms. The lowest BCUT2D eigenvalue weighted by Gasteiger charge is -2.31. The van der Waals surface area contributed by atoms with E-state index in [-0.39, 0.29) is 5.41 Å². The molecule has 1 spiro atoms. The number of benzene rings is 8. The van der Waals surface area contributed by atoms with Crippen molar-refractivity contribution in [3.05, 3.63) is 233 Å². The van der Waals surface area contributed by atoms with Crippen LogP contribution in [0.25, 0.3) is 67.6 Å².